The zero-order valence-electron chi connectivity index (χ0n) is 20.3. The molecule has 3 aromatic rings. The van der Waals surface area contributed by atoms with Crippen molar-refractivity contribution in [2.24, 2.45) is 4.99 Å². The van der Waals surface area contributed by atoms with Gasteiger partial charge in [0.05, 0.1) is 28.4 Å². The fraction of sp³-hybridized carbons (Fsp3) is 0.143. The van der Waals surface area contributed by atoms with Crippen LogP contribution < -0.4 is 14.4 Å². The first-order chi connectivity index (χ1) is 17.7. The number of benzene rings is 3. The van der Waals surface area contributed by atoms with Gasteiger partial charge in [-0.1, -0.05) is 59.6 Å². The van der Waals surface area contributed by atoms with Gasteiger partial charge in [0.2, 0.25) is 0 Å². The smallest absolute Gasteiger partial charge is 0.271 e. The van der Waals surface area contributed by atoms with Crippen molar-refractivity contribution in [2.75, 3.05) is 18.6 Å². The maximum atomic E-state index is 13.7. The third-order valence-electron chi connectivity index (χ3n) is 5.50. The van der Waals surface area contributed by atoms with Crippen LogP contribution in [0.3, 0.4) is 0 Å². The van der Waals surface area contributed by atoms with Gasteiger partial charge in [-0.3, -0.25) is 9.69 Å². The number of halogens is 3. The van der Waals surface area contributed by atoms with Crippen LogP contribution in [0, 0.1) is 13.8 Å². The van der Waals surface area contributed by atoms with Crippen molar-refractivity contribution < 1.29 is 14.3 Å². The quantitative estimate of drug-likeness (QED) is 0.210. The van der Waals surface area contributed by atoms with E-state index in [1.165, 1.54) is 23.8 Å². The second kappa shape index (κ2) is 11.7. The van der Waals surface area contributed by atoms with Crippen molar-refractivity contribution in [3.8, 4) is 11.5 Å². The molecular formula is C28H23Cl3N2O3S. The zero-order valence-corrected chi connectivity index (χ0v) is 23.4. The number of nitrogens with zero attached hydrogens (tertiary/aromatic N) is 2. The molecule has 1 aliphatic rings. The normalized spacial score (nSPS) is 15.5. The van der Waals surface area contributed by atoms with Crippen LogP contribution in [0.4, 0.5) is 11.4 Å². The Balaban J connectivity index is 1.79. The Kier molecular flexibility index (Phi) is 8.55. The number of carbonyl (C=O) groups is 1. The van der Waals surface area contributed by atoms with E-state index in [-0.39, 0.29) is 12.5 Å². The first-order valence-corrected chi connectivity index (χ1v) is 13.1. The lowest BCUT2D eigenvalue weighted by Crippen LogP contribution is -2.28. The molecule has 0 radical (unpaired) electrons. The van der Waals surface area contributed by atoms with E-state index in [2.05, 4.69) is 6.58 Å². The maximum Gasteiger partial charge on any atom is 0.271 e. The summed E-state index contributed by atoms with van der Waals surface area (Å²) in [6.07, 6.45) is 3.36. The number of aryl methyl sites for hydroxylation is 2. The van der Waals surface area contributed by atoms with Crippen LogP contribution in [0.25, 0.3) is 6.08 Å². The molecule has 0 spiro atoms. The highest BCUT2D eigenvalue weighted by Gasteiger charge is 2.35. The number of anilines is 1. The summed E-state index contributed by atoms with van der Waals surface area (Å²) < 4.78 is 11.1. The average molecular weight is 574 g/mol. The second-order valence-electron chi connectivity index (χ2n) is 8.15. The minimum Gasteiger partial charge on any atom is -0.493 e. The highest BCUT2D eigenvalue weighted by molar-refractivity contribution is 8.19. The van der Waals surface area contributed by atoms with Gasteiger partial charge < -0.3 is 9.47 Å². The summed E-state index contributed by atoms with van der Waals surface area (Å²) in [6.45, 7) is 7.75. The number of carbonyl (C=O) groups excluding carboxylic acids is 1. The Morgan fingerprint density at radius 3 is 2.35 bits per heavy atom. The molecule has 0 atom stereocenters. The predicted octanol–water partition coefficient (Wildman–Crippen LogP) is 8.65. The van der Waals surface area contributed by atoms with Crippen LogP contribution >= 0.6 is 46.6 Å². The summed E-state index contributed by atoms with van der Waals surface area (Å²) in [5.41, 5.74) is 3.76. The summed E-state index contributed by atoms with van der Waals surface area (Å²) in [5, 5.41) is 1.98. The monoisotopic (exact) mass is 572 g/mol. The molecule has 1 aliphatic heterocycles. The van der Waals surface area contributed by atoms with Gasteiger partial charge in [-0.2, -0.15) is 0 Å². The van der Waals surface area contributed by atoms with E-state index in [9.17, 15) is 4.79 Å². The van der Waals surface area contributed by atoms with Crippen molar-refractivity contribution >= 4 is 75.1 Å². The largest absolute Gasteiger partial charge is 0.493 e. The molecule has 9 heteroatoms. The number of thioether (sulfide) groups is 1. The molecule has 37 heavy (non-hydrogen) atoms. The van der Waals surface area contributed by atoms with Crippen LogP contribution in [0.5, 0.6) is 11.5 Å². The summed E-state index contributed by atoms with van der Waals surface area (Å²) >= 11 is 20.4. The van der Waals surface area contributed by atoms with Gasteiger partial charge in [0.25, 0.3) is 5.91 Å². The molecule has 1 amide bonds. The number of hydrogen-bond donors (Lipinski definition) is 0. The minimum atomic E-state index is -0.246. The molecule has 0 aliphatic carbocycles. The van der Waals surface area contributed by atoms with Gasteiger partial charge >= 0.3 is 0 Å². The Morgan fingerprint density at radius 2 is 1.70 bits per heavy atom. The molecule has 3 aromatic carbocycles. The molecule has 0 N–H and O–H groups in total. The Labute approximate surface area is 235 Å². The molecule has 4 rings (SSSR count). The first kappa shape index (κ1) is 27.1. The third kappa shape index (κ3) is 5.99. The van der Waals surface area contributed by atoms with Crippen LogP contribution in [-0.4, -0.2) is 24.8 Å². The standard InChI is InChI=1S/C28H23Cl3N2O3S/c1-5-10-36-26-23(31)11-18(12-24(26)35-4)13-25-27(34)33(20-9-7-17(3)22(30)15-20)28(37-25)32-19-8-6-16(2)21(29)14-19/h5-9,11-15H,1,10H2,2-4H3/b25-13+,32-28?. The van der Waals surface area contributed by atoms with Crippen molar-refractivity contribution in [2.45, 2.75) is 13.8 Å². The van der Waals surface area contributed by atoms with E-state index < -0.39 is 0 Å². The number of amidine groups is 1. The Morgan fingerprint density at radius 1 is 1.00 bits per heavy atom. The molecule has 190 valence electrons. The molecule has 5 nitrogen and oxygen atoms in total. The third-order valence-corrected chi connectivity index (χ3v) is 7.56. The van der Waals surface area contributed by atoms with Crippen LogP contribution in [-0.2, 0) is 4.79 Å². The van der Waals surface area contributed by atoms with Crippen molar-refractivity contribution in [1.82, 2.24) is 0 Å². The summed E-state index contributed by atoms with van der Waals surface area (Å²) in [6, 6.07) is 14.4. The Hall–Kier alpha value is -2.90. The molecule has 0 saturated carbocycles. The molecule has 0 aromatic heterocycles. The summed E-state index contributed by atoms with van der Waals surface area (Å²) in [7, 11) is 1.53. The van der Waals surface area contributed by atoms with Gasteiger partial charge in [-0.15, -0.1) is 0 Å². The molecular weight excluding hydrogens is 551 g/mol. The highest BCUT2D eigenvalue weighted by atomic mass is 35.5. The highest BCUT2D eigenvalue weighted by Crippen LogP contribution is 2.41. The van der Waals surface area contributed by atoms with Gasteiger partial charge in [-0.05, 0) is 84.8 Å². The molecule has 0 unspecified atom stereocenters. The summed E-state index contributed by atoms with van der Waals surface area (Å²) in [4.78, 5) is 20.4. The predicted molar refractivity (Wildman–Crippen MR) is 156 cm³/mol. The van der Waals surface area contributed by atoms with Crippen LogP contribution in [0.2, 0.25) is 15.1 Å². The SMILES string of the molecule is C=CCOc1c(Cl)cc(/C=C2/SC(=Nc3ccc(C)c(Cl)c3)N(c3ccc(C)c(Cl)c3)C2=O)cc1OC. The molecule has 1 fully saturated rings. The number of amides is 1. The first-order valence-electron chi connectivity index (χ1n) is 11.2. The second-order valence-corrected chi connectivity index (χ2v) is 10.4. The van der Waals surface area contributed by atoms with Gasteiger partial charge in [0.15, 0.2) is 16.7 Å². The van der Waals surface area contributed by atoms with Gasteiger partial charge in [0.1, 0.15) is 6.61 Å². The maximum absolute atomic E-state index is 13.7. The average Bonchev–Trinajstić information content (AvgIpc) is 3.16. The minimum absolute atomic E-state index is 0.246. The van der Waals surface area contributed by atoms with Crippen molar-refractivity contribution in [3.63, 3.8) is 0 Å². The van der Waals surface area contributed by atoms with Crippen molar-refractivity contribution in [3.05, 3.63) is 97.8 Å². The van der Waals surface area contributed by atoms with E-state index in [4.69, 9.17) is 49.3 Å². The molecule has 1 saturated heterocycles. The van der Waals surface area contributed by atoms with Gasteiger partial charge in [-0.25, -0.2) is 4.99 Å². The van der Waals surface area contributed by atoms with Crippen molar-refractivity contribution in [1.29, 1.82) is 0 Å². The fourth-order valence-electron chi connectivity index (χ4n) is 3.52. The number of hydrogen-bond acceptors (Lipinski definition) is 5. The number of aliphatic imine (C=N–C) groups is 1. The molecule has 0 bridgehead atoms. The van der Waals surface area contributed by atoms with Gasteiger partial charge in [0, 0.05) is 10.0 Å². The lowest BCUT2D eigenvalue weighted by molar-refractivity contribution is -0.113. The number of methoxy groups -OCH3 is 1. The Bertz CT molecular complexity index is 1450. The van der Waals surface area contributed by atoms with E-state index in [1.54, 1.807) is 36.4 Å². The van der Waals surface area contributed by atoms with Crippen LogP contribution in [0.1, 0.15) is 16.7 Å². The topological polar surface area (TPSA) is 51.1 Å². The lowest BCUT2D eigenvalue weighted by Gasteiger charge is -2.16. The van der Waals surface area contributed by atoms with E-state index in [0.29, 0.717) is 53.6 Å². The molecule has 1 heterocycles. The van der Waals surface area contributed by atoms with Crippen LogP contribution in [0.15, 0.2) is 71.1 Å². The summed E-state index contributed by atoms with van der Waals surface area (Å²) in [5.74, 6) is 0.608. The number of rotatable bonds is 7. The van der Waals surface area contributed by atoms with E-state index in [1.807, 2.05) is 38.1 Å². The van der Waals surface area contributed by atoms with E-state index in [0.717, 1.165) is 11.1 Å². The zero-order chi connectivity index (χ0) is 26.7. The fourth-order valence-corrected chi connectivity index (χ4v) is 5.14. The van der Waals surface area contributed by atoms with E-state index >= 15 is 0 Å². The lowest BCUT2D eigenvalue weighted by atomic mass is 10.1. The number of ether oxygens (including phenoxy) is 2.